The van der Waals surface area contributed by atoms with Crippen LogP contribution in [0.15, 0.2) is 48.5 Å². The Morgan fingerprint density at radius 2 is 2.00 bits per heavy atom. The van der Waals surface area contributed by atoms with E-state index in [1.807, 2.05) is 48.5 Å². The third-order valence-electron chi connectivity index (χ3n) is 4.21. The maximum absolute atomic E-state index is 6.44. The van der Waals surface area contributed by atoms with Gasteiger partial charge in [-0.3, -0.25) is 0 Å². The minimum absolute atomic E-state index is 0.473. The molecule has 0 spiro atoms. The topological polar surface area (TPSA) is 39.1 Å². The van der Waals surface area contributed by atoms with Crippen molar-refractivity contribution in [1.82, 2.24) is 15.1 Å². The molecule has 2 aromatic carbocycles. The molecule has 1 aliphatic heterocycles. The smallest absolute Gasteiger partial charge is 0.140 e. The largest absolute Gasteiger partial charge is 0.492 e. The zero-order valence-corrected chi connectivity index (χ0v) is 13.5. The Balaban J connectivity index is 1.53. The monoisotopic (exact) mass is 327 g/mol. The number of nitrogens with zero attached hydrogens (tertiary/aromatic N) is 2. The lowest BCUT2D eigenvalue weighted by atomic mass is 10.2. The van der Waals surface area contributed by atoms with Gasteiger partial charge >= 0.3 is 0 Å². The van der Waals surface area contributed by atoms with Crippen LogP contribution >= 0.6 is 11.6 Å². The Morgan fingerprint density at radius 1 is 1.17 bits per heavy atom. The second-order valence-corrected chi connectivity index (χ2v) is 6.18. The summed E-state index contributed by atoms with van der Waals surface area (Å²) >= 11 is 6.44. The van der Waals surface area contributed by atoms with Crippen molar-refractivity contribution in [3.8, 4) is 11.4 Å². The van der Waals surface area contributed by atoms with Gasteiger partial charge in [0.15, 0.2) is 0 Å². The van der Waals surface area contributed by atoms with Crippen molar-refractivity contribution in [2.45, 2.75) is 18.9 Å². The molecule has 0 aliphatic carbocycles. The van der Waals surface area contributed by atoms with Gasteiger partial charge < -0.3 is 10.1 Å². The fourth-order valence-corrected chi connectivity index (χ4v) is 3.25. The number of halogens is 1. The molecule has 118 valence electrons. The third-order valence-corrected chi connectivity index (χ3v) is 4.58. The highest BCUT2D eigenvalue weighted by Crippen LogP contribution is 2.26. The Bertz CT molecular complexity index is 807. The molecular weight excluding hydrogens is 310 g/mol. The molecule has 2 heterocycles. The molecule has 0 saturated carbocycles. The Hall–Kier alpha value is -2.04. The molecule has 1 aromatic heterocycles. The van der Waals surface area contributed by atoms with Crippen LogP contribution in [-0.2, 0) is 0 Å². The molecule has 3 aromatic rings. The van der Waals surface area contributed by atoms with Gasteiger partial charge in [-0.2, -0.15) is 5.10 Å². The molecule has 0 unspecified atom stereocenters. The van der Waals surface area contributed by atoms with Crippen LogP contribution in [0.1, 0.15) is 12.8 Å². The second kappa shape index (κ2) is 6.22. The van der Waals surface area contributed by atoms with Crippen LogP contribution in [-0.4, -0.2) is 29.0 Å². The first-order valence-corrected chi connectivity index (χ1v) is 8.29. The first-order valence-electron chi connectivity index (χ1n) is 7.91. The van der Waals surface area contributed by atoms with E-state index < -0.39 is 0 Å². The first-order chi connectivity index (χ1) is 11.3. The fraction of sp³-hybridized carbons (Fsp3) is 0.278. The molecule has 5 heteroatoms. The molecule has 4 rings (SSSR count). The fourth-order valence-electron chi connectivity index (χ4n) is 2.95. The van der Waals surface area contributed by atoms with E-state index >= 15 is 0 Å². The SMILES string of the molecule is Clc1c2ccccc2nn1-c1ccc(OC[C@@H]2CCCN2)cc1. The van der Waals surface area contributed by atoms with E-state index in [1.165, 1.54) is 12.8 Å². The molecule has 0 radical (unpaired) electrons. The quantitative estimate of drug-likeness (QED) is 0.792. The summed E-state index contributed by atoms with van der Waals surface area (Å²) in [6.45, 7) is 1.81. The van der Waals surface area contributed by atoms with E-state index in [0.717, 1.165) is 28.9 Å². The van der Waals surface area contributed by atoms with Crippen LogP contribution in [0.25, 0.3) is 16.6 Å². The van der Waals surface area contributed by atoms with Crippen LogP contribution < -0.4 is 10.1 Å². The Kier molecular flexibility index (Phi) is 3.93. The number of aromatic nitrogens is 2. The summed E-state index contributed by atoms with van der Waals surface area (Å²) in [7, 11) is 0. The van der Waals surface area contributed by atoms with Crippen LogP contribution in [0.5, 0.6) is 5.75 Å². The van der Waals surface area contributed by atoms with Gasteiger partial charge in [-0.1, -0.05) is 23.7 Å². The van der Waals surface area contributed by atoms with E-state index in [-0.39, 0.29) is 0 Å². The molecule has 23 heavy (non-hydrogen) atoms. The summed E-state index contributed by atoms with van der Waals surface area (Å²) in [5.74, 6) is 0.871. The van der Waals surface area contributed by atoms with Gasteiger partial charge in [0.2, 0.25) is 0 Å². The van der Waals surface area contributed by atoms with E-state index in [4.69, 9.17) is 16.3 Å². The Labute approximate surface area is 140 Å². The molecule has 1 N–H and O–H groups in total. The van der Waals surface area contributed by atoms with Crippen molar-refractivity contribution in [3.05, 3.63) is 53.7 Å². The summed E-state index contributed by atoms with van der Waals surface area (Å²) < 4.78 is 7.60. The molecule has 4 nitrogen and oxygen atoms in total. The van der Waals surface area contributed by atoms with Crippen molar-refractivity contribution in [1.29, 1.82) is 0 Å². The van der Waals surface area contributed by atoms with E-state index in [1.54, 1.807) is 4.68 Å². The lowest BCUT2D eigenvalue weighted by Crippen LogP contribution is -2.28. The van der Waals surface area contributed by atoms with Crippen LogP contribution in [0.3, 0.4) is 0 Å². The molecule has 0 bridgehead atoms. The molecule has 1 fully saturated rings. The van der Waals surface area contributed by atoms with Gasteiger partial charge in [0.05, 0.1) is 11.2 Å². The number of hydrogen-bond donors (Lipinski definition) is 1. The van der Waals surface area contributed by atoms with Gasteiger partial charge in [0.1, 0.15) is 17.5 Å². The van der Waals surface area contributed by atoms with Crippen molar-refractivity contribution in [2.75, 3.05) is 13.2 Å². The number of fused-ring (bicyclic) bond motifs is 1. The minimum Gasteiger partial charge on any atom is -0.492 e. The predicted octanol–water partition coefficient (Wildman–Crippen LogP) is 3.81. The summed E-state index contributed by atoms with van der Waals surface area (Å²) in [4.78, 5) is 0. The lowest BCUT2D eigenvalue weighted by molar-refractivity contribution is 0.277. The van der Waals surface area contributed by atoms with Crippen LogP contribution in [0.4, 0.5) is 0 Å². The predicted molar refractivity (Wildman–Crippen MR) is 92.6 cm³/mol. The van der Waals surface area contributed by atoms with Gasteiger partial charge in [-0.15, -0.1) is 0 Å². The zero-order valence-electron chi connectivity index (χ0n) is 12.7. The van der Waals surface area contributed by atoms with E-state index in [2.05, 4.69) is 10.4 Å². The molecule has 1 atom stereocenters. The maximum atomic E-state index is 6.44. The first kappa shape index (κ1) is 14.5. The summed E-state index contributed by atoms with van der Waals surface area (Å²) in [6.07, 6.45) is 2.42. The van der Waals surface area contributed by atoms with Crippen molar-refractivity contribution >= 4 is 22.5 Å². The average molecular weight is 328 g/mol. The number of nitrogens with one attached hydrogen (secondary N) is 1. The second-order valence-electron chi connectivity index (χ2n) is 5.82. The van der Waals surface area contributed by atoms with Crippen molar-refractivity contribution in [3.63, 3.8) is 0 Å². The maximum Gasteiger partial charge on any atom is 0.140 e. The average Bonchev–Trinajstić information content (AvgIpc) is 3.22. The molecule has 0 amide bonds. The molecular formula is C18H18ClN3O. The van der Waals surface area contributed by atoms with Gasteiger partial charge in [-0.05, 0) is 55.8 Å². The zero-order chi connectivity index (χ0) is 15.6. The highest BCUT2D eigenvalue weighted by Gasteiger charge is 2.14. The Morgan fingerprint density at radius 3 is 2.74 bits per heavy atom. The van der Waals surface area contributed by atoms with E-state index in [9.17, 15) is 0 Å². The van der Waals surface area contributed by atoms with Crippen molar-refractivity contribution < 1.29 is 4.74 Å². The van der Waals surface area contributed by atoms with E-state index in [0.29, 0.717) is 17.8 Å². The normalized spacial score (nSPS) is 17.7. The highest BCUT2D eigenvalue weighted by molar-refractivity contribution is 6.34. The molecule has 1 saturated heterocycles. The lowest BCUT2D eigenvalue weighted by Gasteiger charge is -2.12. The number of hydrogen-bond acceptors (Lipinski definition) is 3. The van der Waals surface area contributed by atoms with Gasteiger partial charge in [-0.25, -0.2) is 4.68 Å². The number of benzene rings is 2. The standard InChI is InChI=1S/C18H18ClN3O/c19-18-16-5-1-2-6-17(16)21-22(18)14-7-9-15(10-8-14)23-12-13-4-3-11-20-13/h1-2,5-10,13,20H,3-4,11-12H2/t13-/m0/s1. The summed E-state index contributed by atoms with van der Waals surface area (Å²) in [5.41, 5.74) is 1.82. The minimum atomic E-state index is 0.473. The van der Waals surface area contributed by atoms with Crippen molar-refractivity contribution in [2.24, 2.45) is 0 Å². The summed E-state index contributed by atoms with van der Waals surface area (Å²) in [5, 5.41) is 9.57. The van der Waals surface area contributed by atoms with Crippen LogP contribution in [0, 0.1) is 0 Å². The number of rotatable bonds is 4. The summed E-state index contributed by atoms with van der Waals surface area (Å²) in [6, 6.07) is 16.2. The highest BCUT2D eigenvalue weighted by atomic mass is 35.5. The van der Waals surface area contributed by atoms with Crippen LogP contribution in [0.2, 0.25) is 5.15 Å². The van der Waals surface area contributed by atoms with Gasteiger partial charge in [0, 0.05) is 11.4 Å². The third kappa shape index (κ3) is 2.92. The molecule has 1 aliphatic rings. The number of ether oxygens (including phenoxy) is 1. The van der Waals surface area contributed by atoms with Gasteiger partial charge in [0.25, 0.3) is 0 Å².